The number of aliphatic hydroxyl groups excluding tert-OH is 1. The molecule has 3 aromatic rings. The molecule has 2 aliphatic rings. The third-order valence-electron chi connectivity index (χ3n) is 6.09. The van der Waals surface area contributed by atoms with Crippen molar-refractivity contribution >= 4 is 0 Å². The highest BCUT2D eigenvalue weighted by Gasteiger charge is 2.52. The molecule has 0 bridgehead atoms. The van der Waals surface area contributed by atoms with Crippen LogP contribution in [0.15, 0.2) is 54.7 Å². The molecule has 2 heterocycles. The molecule has 5 rings (SSSR count). The van der Waals surface area contributed by atoms with Crippen molar-refractivity contribution < 1.29 is 9.50 Å². The van der Waals surface area contributed by atoms with Crippen molar-refractivity contribution in [1.29, 1.82) is 0 Å². The third kappa shape index (κ3) is 2.51. The predicted molar refractivity (Wildman–Crippen MR) is 99.8 cm³/mol. The lowest BCUT2D eigenvalue weighted by molar-refractivity contribution is 0.0421. The van der Waals surface area contributed by atoms with Crippen LogP contribution >= 0.6 is 0 Å². The fraction of sp³-hybridized carbons (Fsp3) is 0.333. The average Bonchev–Trinajstić information content (AvgIpc) is 3.26. The fourth-order valence-electron chi connectivity index (χ4n) is 4.76. The van der Waals surface area contributed by atoms with Gasteiger partial charge in [-0.25, -0.2) is 9.07 Å². The predicted octanol–water partition coefficient (Wildman–Crippen LogP) is 2.67. The van der Waals surface area contributed by atoms with Gasteiger partial charge in [0, 0.05) is 11.0 Å². The molecule has 5 nitrogen and oxygen atoms in total. The first-order chi connectivity index (χ1) is 13.2. The van der Waals surface area contributed by atoms with E-state index in [1.54, 1.807) is 16.9 Å². The molecule has 2 atom stereocenters. The third-order valence-corrected chi connectivity index (χ3v) is 6.09. The van der Waals surface area contributed by atoms with E-state index in [0.29, 0.717) is 11.3 Å². The number of aromatic nitrogens is 3. The Kier molecular flexibility index (Phi) is 3.84. The van der Waals surface area contributed by atoms with Crippen molar-refractivity contribution in [2.75, 3.05) is 13.1 Å². The zero-order chi connectivity index (χ0) is 18.4. The van der Waals surface area contributed by atoms with Gasteiger partial charge in [0.05, 0.1) is 12.3 Å². The Morgan fingerprint density at radius 3 is 2.74 bits per heavy atom. The summed E-state index contributed by atoms with van der Waals surface area (Å²) in [7, 11) is 0. The Morgan fingerprint density at radius 2 is 1.93 bits per heavy atom. The maximum Gasteiger partial charge on any atom is 0.123 e. The van der Waals surface area contributed by atoms with Gasteiger partial charge in [0.1, 0.15) is 17.6 Å². The first-order valence-electron chi connectivity index (χ1n) is 9.35. The molecule has 0 amide bonds. The standard InChI is InChI=1S/C21H21FN4O/c22-15-5-3-4-14(12-15)18-13-26(25-24-18)19-16-6-1-2-7-17(16)21(20(19)27)8-10-23-11-9-21/h1-7,12-13,19-20,23,27H,8-11H2/t19-,20+/m1/s1. The highest BCUT2D eigenvalue weighted by Crippen LogP contribution is 2.51. The highest BCUT2D eigenvalue weighted by atomic mass is 19.1. The van der Waals surface area contributed by atoms with Crippen LogP contribution in [0.5, 0.6) is 0 Å². The summed E-state index contributed by atoms with van der Waals surface area (Å²) >= 11 is 0. The van der Waals surface area contributed by atoms with Crippen molar-refractivity contribution in [3.05, 3.63) is 71.7 Å². The molecule has 1 fully saturated rings. The van der Waals surface area contributed by atoms with Crippen LogP contribution in [-0.4, -0.2) is 39.3 Å². The Balaban J connectivity index is 1.58. The fourth-order valence-corrected chi connectivity index (χ4v) is 4.76. The number of nitrogens with zero attached hydrogens (tertiary/aromatic N) is 3. The Labute approximate surface area is 156 Å². The molecule has 1 spiro atoms. The van der Waals surface area contributed by atoms with Crippen LogP contribution in [-0.2, 0) is 5.41 Å². The van der Waals surface area contributed by atoms with Gasteiger partial charge in [-0.05, 0) is 49.2 Å². The molecule has 0 saturated carbocycles. The summed E-state index contributed by atoms with van der Waals surface area (Å²) in [6, 6.07) is 14.3. The molecule has 138 valence electrons. The largest absolute Gasteiger partial charge is 0.390 e. The zero-order valence-electron chi connectivity index (χ0n) is 14.8. The molecular weight excluding hydrogens is 343 g/mol. The summed E-state index contributed by atoms with van der Waals surface area (Å²) < 4.78 is 15.3. The maximum atomic E-state index is 13.6. The van der Waals surface area contributed by atoms with Gasteiger partial charge in [0.25, 0.3) is 0 Å². The molecule has 2 N–H and O–H groups in total. The van der Waals surface area contributed by atoms with Gasteiger partial charge in [0.2, 0.25) is 0 Å². The van der Waals surface area contributed by atoms with Gasteiger partial charge in [-0.1, -0.05) is 41.6 Å². The van der Waals surface area contributed by atoms with Crippen LogP contribution in [0.3, 0.4) is 0 Å². The zero-order valence-corrected chi connectivity index (χ0v) is 14.8. The molecule has 2 aromatic carbocycles. The van der Waals surface area contributed by atoms with Crippen LogP contribution in [0.2, 0.25) is 0 Å². The second-order valence-electron chi connectivity index (χ2n) is 7.48. The van der Waals surface area contributed by atoms with Crippen LogP contribution in [0.25, 0.3) is 11.3 Å². The number of hydrogen-bond acceptors (Lipinski definition) is 4. The summed E-state index contributed by atoms with van der Waals surface area (Å²) in [5.74, 6) is -0.304. The molecule has 1 saturated heterocycles. The van der Waals surface area contributed by atoms with Gasteiger partial charge in [-0.3, -0.25) is 0 Å². The van der Waals surface area contributed by atoms with E-state index in [2.05, 4.69) is 27.8 Å². The number of fused-ring (bicyclic) bond motifs is 2. The maximum absolute atomic E-state index is 13.6. The van der Waals surface area contributed by atoms with Gasteiger partial charge >= 0.3 is 0 Å². The molecule has 1 aromatic heterocycles. The number of aliphatic hydroxyl groups is 1. The van der Waals surface area contributed by atoms with Gasteiger partial charge in [-0.15, -0.1) is 5.10 Å². The molecular formula is C21H21FN4O. The van der Waals surface area contributed by atoms with Crippen molar-refractivity contribution in [1.82, 2.24) is 20.3 Å². The average molecular weight is 364 g/mol. The minimum Gasteiger partial charge on any atom is -0.390 e. The normalized spacial score (nSPS) is 23.5. The van der Waals surface area contributed by atoms with Crippen molar-refractivity contribution in [3.8, 4) is 11.3 Å². The van der Waals surface area contributed by atoms with E-state index in [0.717, 1.165) is 31.5 Å². The van der Waals surface area contributed by atoms with Crippen molar-refractivity contribution in [2.24, 2.45) is 0 Å². The SMILES string of the molecule is O[C@H]1[C@H](n2cc(-c3cccc(F)c3)nn2)c2ccccc2C12CCNCC2. The first-order valence-corrected chi connectivity index (χ1v) is 9.35. The lowest BCUT2D eigenvalue weighted by Gasteiger charge is -2.38. The Bertz CT molecular complexity index is 980. The van der Waals surface area contributed by atoms with Crippen molar-refractivity contribution in [3.63, 3.8) is 0 Å². The second kappa shape index (κ2) is 6.25. The summed E-state index contributed by atoms with van der Waals surface area (Å²) in [6.45, 7) is 1.79. The van der Waals surface area contributed by atoms with E-state index < -0.39 is 6.10 Å². The molecule has 0 radical (unpaired) electrons. The van der Waals surface area contributed by atoms with E-state index in [4.69, 9.17) is 0 Å². The number of piperidine rings is 1. The molecule has 1 aliphatic carbocycles. The van der Waals surface area contributed by atoms with E-state index >= 15 is 0 Å². The van der Waals surface area contributed by atoms with Gasteiger partial charge < -0.3 is 10.4 Å². The Morgan fingerprint density at radius 1 is 1.11 bits per heavy atom. The van der Waals surface area contributed by atoms with Crippen LogP contribution in [0.4, 0.5) is 4.39 Å². The summed E-state index contributed by atoms with van der Waals surface area (Å²) in [6.07, 6.45) is 3.03. The van der Waals surface area contributed by atoms with Crippen molar-refractivity contribution in [2.45, 2.75) is 30.4 Å². The summed E-state index contributed by atoms with van der Waals surface area (Å²) in [5, 5.41) is 23.3. The number of nitrogens with one attached hydrogen (secondary N) is 1. The number of rotatable bonds is 2. The van der Waals surface area contributed by atoms with Crippen LogP contribution < -0.4 is 5.32 Å². The van der Waals surface area contributed by atoms with E-state index in [9.17, 15) is 9.50 Å². The molecule has 0 unspecified atom stereocenters. The van der Waals surface area contributed by atoms with Crippen LogP contribution in [0.1, 0.15) is 30.0 Å². The van der Waals surface area contributed by atoms with E-state index in [-0.39, 0.29) is 17.3 Å². The lowest BCUT2D eigenvalue weighted by atomic mass is 9.72. The lowest BCUT2D eigenvalue weighted by Crippen LogP contribution is -2.47. The van der Waals surface area contributed by atoms with Crippen LogP contribution in [0, 0.1) is 5.82 Å². The topological polar surface area (TPSA) is 63.0 Å². The second-order valence-corrected chi connectivity index (χ2v) is 7.48. The number of hydrogen-bond donors (Lipinski definition) is 2. The quantitative estimate of drug-likeness (QED) is 0.734. The molecule has 6 heteroatoms. The highest BCUT2D eigenvalue weighted by molar-refractivity contribution is 5.57. The van der Waals surface area contributed by atoms with E-state index in [1.807, 2.05) is 18.2 Å². The minimum absolute atomic E-state index is 0.253. The number of halogens is 1. The first kappa shape index (κ1) is 16.6. The monoisotopic (exact) mass is 364 g/mol. The number of benzene rings is 2. The molecule has 27 heavy (non-hydrogen) atoms. The van der Waals surface area contributed by atoms with E-state index in [1.165, 1.54) is 17.7 Å². The smallest absolute Gasteiger partial charge is 0.123 e. The van der Waals surface area contributed by atoms with Gasteiger partial charge in [0.15, 0.2) is 0 Å². The van der Waals surface area contributed by atoms with Gasteiger partial charge in [-0.2, -0.15) is 0 Å². The minimum atomic E-state index is -0.570. The molecule has 1 aliphatic heterocycles. The summed E-state index contributed by atoms with van der Waals surface area (Å²) in [4.78, 5) is 0. The Hall–Kier alpha value is -2.57. The summed E-state index contributed by atoms with van der Waals surface area (Å²) in [5.41, 5.74) is 3.34.